The third kappa shape index (κ3) is 7.33. The molecule has 5 aromatic rings. The normalized spacial score (nSPS) is 15.9. The highest BCUT2D eigenvalue weighted by Gasteiger charge is 2.34. The van der Waals surface area contributed by atoms with Gasteiger partial charge in [0.2, 0.25) is 0 Å². The zero-order chi connectivity index (χ0) is 38.1. The minimum absolute atomic E-state index is 0.0802. The molecular formula is C43H44ClFN4O5. The molecule has 3 heterocycles. The maximum absolute atomic E-state index is 15.4. The van der Waals surface area contributed by atoms with Crippen molar-refractivity contribution in [1.29, 1.82) is 0 Å². The summed E-state index contributed by atoms with van der Waals surface area (Å²) in [6.07, 6.45) is 0.673. The highest BCUT2D eigenvalue weighted by Crippen LogP contribution is 2.36. The van der Waals surface area contributed by atoms with E-state index in [2.05, 4.69) is 11.0 Å². The molecule has 4 aromatic carbocycles. The molecule has 2 amide bonds. The number of methoxy groups -OCH3 is 1. The van der Waals surface area contributed by atoms with Gasteiger partial charge in [-0.05, 0) is 91.1 Å². The van der Waals surface area contributed by atoms with Crippen LogP contribution in [0, 0.1) is 19.7 Å². The lowest BCUT2D eigenvalue weighted by molar-refractivity contribution is 0.0193. The van der Waals surface area contributed by atoms with Crippen LogP contribution in [0.3, 0.4) is 0 Å². The Hall–Kier alpha value is -5.16. The van der Waals surface area contributed by atoms with E-state index in [9.17, 15) is 14.7 Å². The molecular weight excluding hydrogens is 707 g/mol. The van der Waals surface area contributed by atoms with Crippen LogP contribution in [0.1, 0.15) is 48.7 Å². The van der Waals surface area contributed by atoms with Crippen LogP contribution < -0.4 is 9.64 Å². The van der Waals surface area contributed by atoms with Crippen LogP contribution in [0.15, 0.2) is 84.9 Å². The maximum Gasteiger partial charge on any atom is 0.260 e. The Balaban J connectivity index is 1.28. The number of morpholine rings is 1. The Bertz CT molecular complexity index is 2200. The number of rotatable bonds is 9. The van der Waals surface area contributed by atoms with E-state index in [4.69, 9.17) is 21.1 Å². The lowest BCUT2D eigenvalue weighted by Crippen LogP contribution is -2.52. The highest BCUT2D eigenvalue weighted by molar-refractivity contribution is 6.31. The van der Waals surface area contributed by atoms with Crippen molar-refractivity contribution in [3.8, 4) is 22.8 Å². The average Bonchev–Trinajstić information content (AvgIpc) is 3.48. The van der Waals surface area contributed by atoms with Gasteiger partial charge in [0.15, 0.2) is 0 Å². The summed E-state index contributed by atoms with van der Waals surface area (Å²) in [6, 6.07) is 24.6. The van der Waals surface area contributed by atoms with E-state index in [0.29, 0.717) is 66.7 Å². The first-order valence-electron chi connectivity index (χ1n) is 18.1. The van der Waals surface area contributed by atoms with Crippen molar-refractivity contribution in [1.82, 2.24) is 14.4 Å². The number of nitrogens with zero attached hydrogens (tertiary/aromatic N) is 4. The summed E-state index contributed by atoms with van der Waals surface area (Å²) in [5.41, 5.74) is 6.83. The average molecular weight is 751 g/mol. The molecule has 0 spiro atoms. The van der Waals surface area contributed by atoms with Crippen molar-refractivity contribution in [3.05, 3.63) is 135 Å². The van der Waals surface area contributed by atoms with Gasteiger partial charge in [0.1, 0.15) is 17.3 Å². The molecule has 0 unspecified atom stereocenters. The summed E-state index contributed by atoms with van der Waals surface area (Å²) >= 11 is 6.45. The Morgan fingerprint density at radius 1 is 0.963 bits per heavy atom. The van der Waals surface area contributed by atoms with Gasteiger partial charge in [0.05, 0.1) is 43.0 Å². The van der Waals surface area contributed by atoms with Gasteiger partial charge in [-0.15, -0.1) is 0 Å². The number of benzene rings is 4. The van der Waals surface area contributed by atoms with Gasteiger partial charge in [-0.25, -0.2) is 4.39 Å². The molecule has 0 bridgehead atoms. The van der Waals surface area contributed by atoms with Crippen LogP contribution in [0.4, 0.5) is 10.1 Å². The van der Waals surface area contributed by atoms with Crippen molar-refractivity contribution in [3.63, 3.8) is 0 Å². The van der Waals surface area contributed by atoms with Crippen LogP contribution in [0.25, 0.3) is 11.3 Å². The topological polar surface area (TPSA) is 87.5 Å². The SMILES string of the molecule is COc1cccc(CN(C(=O)c2cc(-c3cc(Cl)c(F)cc3C(=O)N3Cc4ccccc4C[C@H]3CN3CCOCC3)n(C)c2C)c2ccc(O)cc2)c1C. The summed E-state index contributed by atoms with van der Waals surface area (Å²) in [5.74, 6) is -0.503. The second kappa shape index (κ2) is 15.7. The number of halogens is 2. The smallest absolute Gasteiger partial charge is 0.260 e. The molecule has 1 fully saturated rings. The summed E-state index contributed by atoms with van der Waals surface area (Å²) < 4.78 is 28.4. The predicted molar refractivity (Wildman–Crippen MR) is 208 cm³/mol. The van der Waals surface area contributed by atoms with Crippen molar-refractivity contribution in [2.75, 3.05) is 44.9 Å². The number of aromatic nitrogens is 1. The standard InChI is InChI=1S/C43H44ClFN4O5/c1-27-30(10-7-11-41(27)53-4)24-48(32-12-14-34(50)15-13-32)42(51)35-23-40(46(3)28(35)2)36-21-38(44)39(45)22-37(36)43(52)49-25-31-9-6-5-8-29(31)20-33(49)26-47-16-18-54-19-17-47/h5-15,21-23,33,50H,16-20,24-26H2,1-4H3/t33-/m0/s1. The van der Waals surface area contributed by atoms with Crippen LogP contribution in [-0.2, 0) is 31.3 Å². The predicted octanol–water partition coefficient (Wildman–Crippen LogP) is 7.56. The third-order valence-corrected chi connectivity index (χ3v) is 11.2. The van der Waals surface area contributed by atoms with E-state index in [1.54, 1.807) is 42.3 Å². The quantitative estimate of drug-likeness (QED) is 0.167. The number of hydrogen-bond acceptors (Lipinski definition) is 6. The lowest BCUT2D eigenvalue weighted by atomic mass is 9.92. The maximum atomic E-state index is 15.4. The number of hydrogen-bond donors (Lipinski definition) is 1. The molecule has 11 heteroatoms. The number of phenols is 1. The van der Waals surface area contributed by atoms with Crippen molar-refractivity contribution in [2.24, 2.45) is 7.05 Å². The molecule has 0 aliphatic carbocycles. The van der Waals surface area contributed by atoms with Crippen LogP contribution in [0.2, 0.25) is 5.02 Å². The molecule has 7 rings (SSSR count). The highest BCUT2D eigenvalue weighted by atomic mass is 35.5. The fourth-order valence-electron chi connectivity index (χ4n) is 7.62. The number of ether oxygens (including phenoxy) is 2. The van der Waals surface area contributed by atoms with E-state index in [1.165, 1.54) is 17.7 Å². The molecule has 54 heavy (non-hydrogen) atoms. The second-order valence-electron chi connectivity index (χ2n) is 14.0. The van der Waals surface area contributed by atoms with Gasteiger partial charge in [-0.1, -0.05) is 48.0 Å². The monoisotopic (exact) mass is 750 g/mol. The molecule has 0 radical (unpaired) electrons. The van der Waals surface area contributed by atoms with Crippen molar-refractivity contribution in [2.45, 2.75) is 39.4 Å². The Morgan fingerprint density at radius 3 is 2.41 bits per heavy atom. The van der Waals surface area contributed by atoms with Crippen LogP contribution in [0.5, 0.6) is 11.5 Å². The molecule has 1 N–H and O–H groups in total. The zero-order valence-electron chi connectivity index (χ0n) is 30.9. The molecule has 2 aliphatic rings. The van der Waals surface area contributed by atoms with E-state index < -0.39 is 5.82 Å². The van der Waals surface area contributed by atoms with Crippen molar-refractivity contribution >= 4 is 29.1 Å². The van der Waals surface area contributed by atoms with E-state index in [1.807, 2.05) is 66.8 Å². The molecule has 9 nitrogen and oxygen atoms in total. The fraction of sp³-hybridized carbons (Fsp3) is 0.302. The molecule has 1 saturated heterocycles. The Labute approximate surface area is 320 Å². The van der Waals surface area contributed by atoms with Gasteiger partial charge in [-0.3, -0.25) is 14.5 Å². The number of carbonyl (C=O) groups is 2. The van der Waals surface area contributed by atoms with Gasteiger partial charge < -0.3 is 28.9 Å². The van der Waals surface area contributed by atoms with Crippen LogP contribution in [-0.4, -0.2) is 77.3 Å². The van der Waals surface area contributed by atoms with E-state index in [0.717, 1.165) is 29.8 Å². The first-order valence-corrected chi connectivity index (χ1v) is 18.5. The minimum Gasteiger partial charge on any atom is -0.508 e. The third-order valence-electron chi connectivity index (χ3n) is 10.9. The van der Waals surface area contributed by atoms with E-state index in [-0.39, 0.29) is 40.7 Å². The summed E-state index contributed by atoms with van der Waals surface area (Å²) in [5, 5.41) is 9.94. The Kier molecular flexibility index (Phi) is 10.8. The summed E-state index contributed by atoms with van der Waals surface area (Å²) in [6.45, 7) is 7.90. The molecule has 1 aromatic heterocycles. The minimum atomic E-state index is -0.694. The zero-order valence-corrected chi connectivity index (χ0v) is 31.7. The first kappa shape index (κ1) is 37.2. The molecule has 0 saturated carbocycles. The molecule has 2 aliphatic heterocycles. The second-order valence-corrected chi connectivity index (χ2v) is 14.4. The summed E-state index contributed by atoms with van der Waals surface area (Å²) in [7, 11) is 3.43. The van der Waals surface area contributed by atoms with Gasteiger partial charge in [0, 0.05) is 61.9 Å². The Morgan fingerprint density at radius 2 is 1.69 bits per heavy atom. The summed E-state index contributed by atoms with van der Waals surface area (Å²) in [4.78, 5) is 35.3. The number of fused-ring (bicyclic) bond motifs is 1. The lowest BCUT2D eigenvalue weighted by Gasteiger charge is -2.40. The van der Waals surface area contributed by atoms with Crippen molar-refractivity contribution < 1.29 is 28.6 Å². The van der Waals surface area contributed by atoms with Gasteiger partial charge in [0.25, 0.3) is 11.8 Å². The number of aromatic hydroxyl groups is 1. The van der Waals surface area contributed by atoms with Gasteiger partial charge in [-0.2, -0.15) is 0 Å². The van der Waals surface area contributed by atoms with E-state index >= 15 is 4.39 Å². The molecule has 1 atom stereocenters. The number of anilines is 1. The number of phenolic OH excluding ortho intramolecular Hbond substituents is 1. The first-order chi connectivity index (χ1) is 26.0. The number of carbonyl (C=O) groups excluding carboxylic acids is 2. The molecule has 280 valence electrons. The van der Waals surface area contributed by atoms with Crippen LogP contribution >= 0.6 is 11.6 Å². The number of amides is 2. The largest absolute Gasteiger partial charge is 0.508 e. The van der Waals surface area contributed by atoms with Gasteiger partial charge >= 0.3 is 0 Å². The fourth-order valence-corrected chi connectivity index (χ4v) is 7.78.